The molecule has 0 atom stereocenters. The van der Waals surface area contributed by atoms with E-state index >= 15 is 0 Å². The zero-order chi connectivity index (χ0) is 19.7. The molecule has 140 valence electrons. The third kappa shape index (κ3) is 4.80. The van der Waals surface area contributed by atoms with Gasteiger partial charge in [0.2, 0.25) is 0 Å². The van der Waals surface area contributed by atoms with E-state index in [0.29, 0.717) is 0 Å². The van der Waals surface area contributed by atoms with Gasteiger partial charge in [-0.1, -0.05) is 90.1 Å². The van der Waals surface area contributed by atoms with Gasteiger partial charge in [-0.25, -0.2) is 0 Å². The summed E-state index contributed by atoms with van der Waals surface area (Å²) in [6.07, 6.45) is 0. The van der Waals surface area contributed by atoms with Crippen molar-refractivity contribution in [1.82, 2.24) is 0 Å². The van der Waals surface area contributed by atoms with Crippen LogP contribution in [0.5, 0.6) is 0 Å². The summed E-state index contributed by atoms with van der Waals surface area (Å²) in [4.78, 5) is 0. The van der Waals surface area contributed by atoms with Crippen LogP contribution in [-0.4, -0.2) is 0 Å². The summed E-state index contributed by atoms with van der Waals surface area (Å²) in [6.45, 7) is 13.6. The molecule has 0 unspecified atom stereocenters. The lowest BCUT2D eigenvalue weighted by molar-refractivity contribution is 0.569. The maximum Gasteiger partial charge on any atom is 0.0390 e. The van der Waals surface area contributed by atoms with Gasteiger partial charge in [0, 0.05) is 11.4 Å². The normalized spacial score (nSPS) is 12.1. The van der Waals surface area contributed by atoms with Crippen molar-refractivity contribution in [2.45, 2.75) is 52.4 Å². The van der Waals surface area contributed by atoms with Gasteiger partial charge in [-0.15, -0.1) is 0 Å². The minimum atomic E-state index is 0.115. The van der Waals surface area contributed by atoms with Crippen molar-refractivity contribution >= 4 is 11.4 Å². The minimum Gasteiger partial charge on any atom is -0.355 e. The molecule has 3 aromatic rings. The molecule has 0 bridgehead atoms. The molecule has 3 rings (SSSR count). The highest BCUT2D eigenvalue weighted by molar-refractivity contribution is 5.71. The Morgan fingerprint density at radius 3 is 1.63 bits per heavy atom. The maximum atomic E-state index is 3.64. The summed E-state index contributed by atoms with van der Waals surface area (Å²) in [6, 6.07) is 26.1. The van der Waals surface area contributed by atoms with E-state index in [1.807, 2.05) is 0 Å². The van der Waals surface area contributed by atoms with E-state index in [0.717, 1.165) is 11.4 Å². The average molecular weight is 358 g/mol. The predicted molar refractivity (Wildman–Crippen MR) is 119 cm³/mol. The van der Waals surface area contributed by atoms with Gasteiger partial charge in [0.25, 0.3) is 0 Å². The second kappa shape index (κ2) is 7.23. The number of anilines is 2. The largest absolute Gasteiger partial charge is 0.355 e. The Morgan fingerprint density at radius 1 is 0.519 bits per heavy atom. The van der Waals surface area contributed by atoms with Crippen LogP contribution < -0.4 is 5.32 Å². The van der Waals surface area contributed by atoms with Crippen LogP contribution >= 0.6 is 0 Å². The van der Waals surface area contributed by atoms with E-state index in [4.69, 9.17) is 0 Å². The molecule has 0 fully saturated rings. The molecule has 3 aromatic carbocycles. The van der Waals surface area contributed by atoms with Gasteiger partial charge >= 0.3 is 0 Å². The van der Waals surface area contributed by atoms with E-state index < -0.39 is 0 Å². The molecule has 0 saturated carbocycles. The van der Waals surface area contributed by atoms with Gasteiger partial charge in [0.05, 0.1) is 0 Å². The van der Waals surface area contributed by atoms with Gasteiger partial charge in [0.15, 0.2) is 0 Å². The molecule has 0 heterocycles. The Hall–Kier alpha value is -2.54. The van der Waals surface area contributed by atoms with Crippen LogP contribution in [0.2, 0.25) is 0 Å². The van der Waals surface area contributed by atoms with Crippen LogP contribution in [0.15, 0.2) is 72.8 Å². The summed E-state index contributed by atoms with van der Waals surface area (Å²) in [5.74, 6) is 0. The second-order valence-electron chi connectivity index (χ2n) is 9.37. The fraction of sp³-hybridized carbons (Fsp3) is 0.308. The lowest BCUT2D eigenvalue weighted by Crippen LogP contribution is -2.16. The second-order valence-corrected chi connectivity index (χ2v) is 9.37. The maximum absolute atomic E-state index is 3.64. The Kier molecular flexibility index (Phi) is 5.15. The molecule has 1 nitrogen and oxygen atoms in total. The quantitative estimate of drug-likeness (QED) is 0.506. The Balaban J connectivity index is 1.98. The molecule has 0 aliphatic rings. The fourth-order valence-electron chi connectivity index (χ4n) is 3.14. The van der Waals surface area contributed by atoms with Crippen LogP contribution in [0.1, 0.15) is 52.7 Å². The highest BCUT2D eigenvalue weighted by Crippen LogP contribution is 2.33. The zero-order valence-electron chi connectivity index (χ0n) is 17.4. The molecule has 0 aromatic heterocycles. The molecule has 27 heavy (non-hydrogen) atoms. The molecule has 0 aliphatic heterocycles. The van der Waals surface area contributed by atoms with Crippen LogP contribution in [0.4, 0.5) is 11.4 Å². The SMILES string of the molecule is CC(C)(C)c1cc(Nc2cccc(-c3ccccc3)c2)cc(C(C)(C)C)c1. The van der Waals surface area contributed by atoms with E-state index in [2.05, 4.69) is 120 Å². The van der Waals surface area contributed by atoms with E-state index in [9.17, 15) is 0 Å². The highest BCUT2D eigenvalue weighted by Gasteiger charge is 2.20. The monoisotopic (exact) mass is 357 g/mol. The fourth-order valence-corrected chi connectivity index (χ4v) is 3.14. The number of nitrogens with one attached hydrogen (secondary N) is 1. The van der Waals surface area contributed by atoms with Crippen molar-refractivity contribution in [3.8, 4) is 11.1 Å². The topological polar surface area (TPSA) is 12.0 Å². The minimum absolute atomic E-state index is 0.115. The summed E-state index contributed by atoms with van der Waals surface area (Å²) >= 11 is 0. The summed E-state index contributed by atoms with van der Waals surface area (Å²) < 4.78 is 0. The highest BCUT2D eigenvalue weighted by atomic mass is 14.9. The van der Waals surface area contributed by atoms with Gasteiger partial charge in [0.1, 0.15) is 0 Å². The van der Waals surface area contributed by atoms with Crippen molar-refractivity contribution in [3.05, 3.63) is 83.9 Å². The Morgan fingerprint density at radius 2 is 1.07 bits per heavy atom. The number of rotatable bonds is 3. The zero-order valence-corrected chi connectivity index (χ0v) is 17.4. The van der Waals surface area contributed by atoms with Gasteiger partial charge in [-0.05, 0) is 57.3 Å². The molecule has 1 N–H and O–H groups in total. The van der Waals surface area contributed by atoms with Gasteiger partial charge < -0.3 is 5.32 Å². The number of hydrogen-bond acceptors (Lipinski definition) is 1. The summed E-state index contributed by atoms with van der Waals surface area (Å²) in [5, 5.41) is 3.64. The molecular formula is C26H31N. The molecular weight excluding hydrogens is 326 g/mol. The standard InChI is InChI=1S/C26H31N/c1-25(2,3)21-16-22(26(4,5)6)18-24(17-21)27-23-14-10-13-20(15-23)19-11-8-7-9-12-19/h7-18,27H,1-6H3. The van der Waals surface area contributed by atoms with Crippen LogP contribution in [0.25, 0.3) is 11.1 Å². The predicted octanol–water partition coefficient (Wildman–Crippen LogP) is 7.69. The number of hydrogen-bond donors (Lipinski definition) is 1. The summed E-state index contributed by atoms with van der Waals surface area (Å²) in [5.41, 5.74) is 7.67. The first-order valence-corrected chi connectivity index (χ1v) is 9.71. The van der Waals surface area contributed by atoms with Crippen molar-refractivity contribution in [3.63, 3.8) is 0 Å². The molecule has 1 heteroatoms. The smallest absolute Gasteiger partial charge is 0.0390 e. The van der Waals surface area contributed by atoms with Crippen LogP contribution in [0, 0.1) is 0 Å². The molecule has 0 spiro atoms. The van der Waals surface area contributed by atoms with Gasteiger partial charge in [-0.2, -0.15) is 0 Å². The lowest BCUT2D eigenvalue weighted by Gasteiger charge is -2.26. The van der Waals surface area contributed by atoms with Crippen molar-refractivity contribution in [2.24, 2.45) is 0 Å². The van der Waals surface area contributed by atoms with Crippen molar-refractivity contribution in [1.29, 1.82) is 0 Å². The van der Waals surface area contributed by atoms with E-state index in [1.165, 1.54) is 22.3 Å². The van der Waals surface area contributed by atoms with E-state index in [-0.39, 0.29) is 10.8 Å². The average Bonchev–Trinajstić information content (AvgIpc) is 2.61. The van der Waals surface area contributed by atoms with Crippen molar-refractivity contribution < 1.29 is 0 Å². The first-order chi connectivity index (χ1) is 12.6. The molecule has 0 aliphatic carbocycles. The Bertz CT molecular complexity index is 877. The van der Waals surface area contributed by atoms with Crippen LogP contribution in [-0.2, 0) is 10.8 Å². The molecule has 0 saturated heterocycles. The first-order valence-electron chi connectivity index (χ1n) is 9.71. The number of benzene rings is 3. The van der Waals surface area contributed by atoms with E-state index in [1.54, 1.807) is 0 Å². The summed E-state index contributed by atoms with van der Waals surface area (Å²) in [7, 11) is 0. The molecule has 0 radical (unpaired) electrons. The van der Waals surface area contributed by atoms with Crippen LogP contribution in [0.3, 0.4) is 0 Å². The third-order valence-electron chi connectivity index (χ3n) is 4.92. The van der Waals surface area contributed by atoms with Gasteiger partial charge in [-0.3, -0.25) is 0 Å². The lowest BCUT2D eigenvalue weighted by atomic mass is 9.80. The molecule has 0 amide bonds. The first kappa shape index (κ1) is 19.2. The third-order valence-corrected chi connectivity index (χ3v) is 4.92. The van der Waals surface area contributed by atoms with Crippen molar-refractivity contribution in [2.75, 3.05) is 5.32 Å². The Labute approximate surface area is 164 Å².